The van der Waals surface area contributed by atoms with Gasteiger partial charge >= 0.3 is 0 Å². The number of nitrogens with one attached hydrogen (secondary N) is 1. The predicted octanol–water partition coefficient (Wildman–Crippen LogP) is 0.951. The Balaban J connectivity index is 2.05. The number of amides is 1. The zero-order valence-electron chi connectivity index (χ0n) is 7.34. The lowest BCUT2D eigenvalue weighted by Crippen LogP contribution is -2.31. The van der Waals surface area contributed by atoms with E-state index in [4.69, 9.17) is 0 Å². The van der Waals surface area contributed by atoms with Crippen LogP contribution in [0.2, 0.25) is 0 Å². The number of carbonyl (C=O) groups excluding carboxylic acids is 1. The number of nitrogens with zero attached hydrogens (tertiary/aromatic N) is 1. The molecule has 1 saturated carbocycles. The maximum absolute atomic E-state index is 10.9. The van der Waals surface area contributed by atoms with E-state index in [1.165, 1.54) is 19.3 Å². The number of hydrogen-bond acceptors (Lipinski definition) is 2. The van der Waals surface area contributed by atoms with Crippen molar-refractivity contribution < 1.29 is 4.79 Å². The Morgan fingerprint density at radius 2 is 2.33 bits per heavy atom. The Hall–Kier alpha value is -0.860. The van der Waals surface area contributed by atoms with E-state index in [0.717, 1.165) is 5.84 Å². The summed E-state index contributed by atoms with van der Waals surface area (Å²) in [5.41, 5.74) is 0. The molecule has 2 rings (SSSR count). The second-order valence-electron chi connectivity index (χ2n) is 3.76. The standard InChI is InChI=1S/C9H14N2O/c1-6-3-2-4-7(6)9-10-5-8(12)11-9/h6-7H,2-5H2,1H3,(H,10,11,12). The first-order valence-corrected chi connectivity index (χ1v) is 4.61. The summed E-state index contributed by atoms with van der Waals surface area (Å²) in [5.74, 6) is 2.23. The molecule has 2 atom stereocenters. The first-order chi connectivity index (χ1) is 5.77. The van der Waals surface area contributed by atoms with Crippen LogP contribution in [0.5, 0.6) is 0 Å². The van der Waals surface area contributed by atoms with Crippen LogP contribution in [0.1, 0.15) is 26.2 Å². The molecule has 2 aliphatic rings. The van der Waals surface area contributed by atoms with Gasteiger partial charge in [0, 0.05) is 5.92 Å². The molecule has 0 aromatic heterocycles. The molecule has 1 aliphatic carbocycles. The Morgan fingerprint density at radius 3 is 2.83 bits per heavy atom. The van der Waals surface area contributed by atoms with E-state index in [0.29, 0.717) is 18.4 Å². The van der Waals surface area contributed by atoms with Crippen LogP contribution >= 0.6 is 0 Å². The quantitative estimate of drug-likeness (QED) is 0.619. The average Bonchev–Trinajstić information content (AvgIpc) is 2.58. The van der Waals surface area contributed by atoms with Crippen LogP contribution in [0.15, 0.2) is 4.99 Å². The fourth-order valence-corrected chi connectivity index (χ4v) is 2.14. The highest BCUT2D eigenvalue weighted by molar-refractivity contribution is 6.05. The molecule has 0 spiro atoms. The van der Waals surface area contributed by atoms with Gasteiger partial charge in [-0.15, -0.1) is 0 Å². The van der Waals surface area contributed by atoms with Crippen molar-refractivity contribution in [1.82, 2.24) is 5.32 Å². The number of carbonyl (C=O) groups is 1. The number of aliphatic imine (C=N–C) groups is 1. The Labute approximate surface area is 72.3 Å². The van der Waals surface area contributed by atoms with Gasteiger partial charge in [-0.25, -0.2) is 0 Å². The van der Waals surface area contributed by atoms with Gasteiger partial charge < -0.3 is 5.32 Å². The zero-order valence-corrected chi connectivity index (χ0v) is 7.34. The molecular formula is C9H14N2O. The highest BCUT2D eigenvalue weighted by Crippen LogP contribution is 2.32. The lowest BCUT2D eigenvalue weighted by molar-refractivity contribution is -0.117. The molecule has 66 valence electrons. The molecule has 1 fully saturated rings. The van der Waals surface area contributed by atoms with Crippen LogP contribution in [-0.2, 0) is 4.79 Å². The van der Waals surface area contributed by atoms with Gasteiger partial charge in [-0.2, -0.15) is 0 Å². The number of rotatable bonds is 1. The summed E-state index contributed by atoms with van der Waals surface area (Å²) in [6.45, 7) is 2.59. The van der Waals surface area contributed by atoms with Crippen LogP contribution in [0, 0.1) is 11.8 Å². The SMILES string of the molecule is CC1CCCC1C1=NCC(=O)N1. The van der Waals surface area contributed by atoms with E-state index in [1.54, 1.807) is 0 Å². The minimum Gasteiger partial charge on any atom is -0.313 e. The molecule has 0 bridgehead atoms. The van der Waals surface area contributed by atoms with E-state index in [1.807, 2.05) is 0 Å². The average molecular weight is 166 g/mol. The van der Waals surface area contributed by atoms with Crippen LogP contribution in [-0.4, -0.2) is 18.3 Å². The summed E-state index contributed by atoms with van der Waals surface area (Å²) in [4.78, 5) is 15.1. The maximum atomic E-state index is 10.9. The smallest absolute Gasteiger partial charge is 0.247 e. The first-order valence-electron chi connectivity index (χ1n) is 4.61. The Kier molecular flexibility index (Phi) is 1.87. The molecule has 3 nitrogen and oxygen atoms in total. The summed E-state index contributed by atoms with van der Waals surface area (Å²) in [7, 11) is 0. The van der Waals surface area contributed by atoms with Crippen LogP contribution < -0.4 is 5.32 Å². The first kappa shape index (κ1) is 7.77. The molecule has 0 aromatic rings. The fraction of sp³-hybridized carbons (Fsp3) is 0.778. The molecule has 1 heterocycles. The normalized spacial score (nSPS) is 35.1. The van der Waals surface area contributed by atoms with E-state index >= 15 is 0 Å². The second-order valence-corrected chi connectivity index (χ2v) is 3.76. The van der Waals surface area contributed by atoms with Gasteiger partial charge in [0.1, 0.15) is 12.4 Å². The lowest BCUT2D eigenvalue weighted by Gasteiger charge is -2.14. The van der Waals surface area contributed by atoms with E-state index in [-0.39, 0.29) is 5.91 Å². The van der Waals surface area contributed by atoms with Crippen molar-refractivity contribution in [3.8, 4) is 0 Å². The van der Waals surface area contributed by atoms with Crippen LogP contribution in [0.25, 0.3) is 0 Å². The van der Waals surface area contributed by atoms with Crippen molar-refractivity contribution in [1.29, 1.82) is 0 Å². The number of hydrogen-bond donors (Lipinski definition) is 1. The van der Waals surface area contributed by atoms with Gasteiger partial charge in [0.2, 0.25) is 5.91 Å². The highest BCUT2D eigenvalue weighted by atomic mass is 16.2. The van der Waals surface area contributed by atoms with Crippen molar-refractivity contribution in [2.24, 2.45) is 16.8 Å². The molecule has 0 aromatic carbocycles. The summed E-state index contributed by atoms with van der Waals surface area (Å²) in [5, 5.41) is 2.84. The minimum atomic E-state index is 0.0594. The third kappa shape index (κ3) is 1.24. The molecule has 2 unspecified atom stereocenters. The van der Waals surface area contributed by atoms with Gasteiger partial charge in [0.15, 0.2) is 0 Å². The molecule has 0 saturated heterocycles. The van der Waals surface area contributed by atoms with Gasteiger partial charge in [-0.1, -0.05) is 13.3 Å². The van der Waals surface area contributed by atoms with Gasteiger partial charge in [0.25, 0.3) is 0 Å². The Bertz CT molecular complexity index is 235. The summed E-state index contributed by atoms with van der Waals surface area (Å²) in [6.07, 6.45) is 3.75. The monoisotopic (exact) mass is 166 g/mol. The molecule has 1 amide bonds. The maximum Gasteiger partial charge on any atom is 0.247 e. The van der Waals surface area contributed by atoms with Crippen molar-refractivity contribution in [3.63, 3.8) is 0 Å². The molecule has 12 heavy (non-hydrogen) atoms. The predicted molar refractivity (Wildman–Crippen MR) is 46.9 cm³/mol. The minimum absolute atomic E-state index is 0.0594. The van der Waals surface area contributed by atoms with E-state index in [2.05, 4.69) is 17.2 Å². The van der Waals surface area contributed by atoms with Crippen molar-refractivity contribution >= 4 is 11.7 Å². The molecular weight excluding hydrogens is 152 g/mol. The molecule has 1 N–H and O–H groups in total. The summed E-state index contributed by atoms with van der Waals surface area (Å²) in [6, 6.07) is 0. The molecule has 0 radical (unpaired) electrons. The van der Waals surface area contributed by atoms with E-state index in [9.17, 15) is 4.79 Å². The van der Waals surface area contributed by atoms with E-state index < -0.39 is 0 Å². The van der Waals surface area contributed by atoms with Crippen molar-refractivity contribution in [2.75, 3.05) is 6.54 Å². The molecule has 3 heteroatoms. The summed E-state index contributed by atoms with van der Waals surface area (Å²) >= 11 is 0. The number of amidine groups is 1. The van der Waals surface area contributed by atoms with Crippen LogP contribution in [0.4, 0.5) is 0 Å². The fourth-order valence-electron chi connectivity index (χ4n) is 2.14. The van der Waals surface area contributed by atoms with Gasteiger partial charge in [-0.05, 0) is 18.8 Å². The molecule has 1 aliphatic heterocycles. The van der Waals surface area contributed by atoms with Crippen molar-refractivity contribution in [2.45, 2.75) is 26.2 Å². The van der Waals surface area contributed by atoms with Crippen LogP contribution in [0.3, 0.4) is 0 Å². The lowest BCUT2D eigenvalue weighted by atomic mass is 9.97. The summed E-state index contributed by atoms with van der Waals surface area (Å²) < 4.78 is 0. The third-order valence-corrected chi connectivity index (χ3v) is 2.87. The van der Waals surface area contributed by atoms with Crippen molar-refractivity contribution in [3.05, 3.63) is 0 Å². The Morgan fingerprint density at radius 1 is 1.50 bits per heavy atom. The zero-order chi connectivity index (χ0) is 8.55. The van der Waals surface area contributed by atoms with Gasteiger partial charge in [-0.3, -0.25) is 9.79 Å². The topological polar surface area (TPSA) is 41.5 Å². The third-order valence-electron chi connectivity index (χ3n) is 2.87. The highest BCUT2D eigenvalue weighted by Gasteiger charge is 2.30. The van der Waals surface area contributed by atoms with Gasteiger partial charge in [0.05, 0.1) is 0 Å². The second kappa shape index (κ2) is 2.88. The largest absolute Gasteiger partial charge is 0.313 e.